The third kappa shape index (κ3) is 2.37. The summed E-state index contributed by atoms with van der Waals surface area (Å²) in [6, 6.07) is 0.614. The van der Waals surface area contributed by atoms with Gasteiger partial charge in [0, 0.05) is 12.5 Å². The number of nitrogens with one attached hydrogen (secondary N) is 1. The Labute approximate surface area is 94.0 Å². The molecule has 3 atom stereocenters. The van der Waals surface area contributed by atoms with Gasteiger partial charge in [0.25, 0.3) is 0 Å². The van der Waals surface area contributed by atoms with E-state index in [9.17, 15) is 0 Å². The number of hydrogen-bond donors (Lipinski definition) is 1. The van der Waals surface area contributed by atoms with Crippen LogP contribution >= 0.6 is 0 Å². The van der Waals surface area contributed by atoms with E-state index in [2.05, 4.69) is 18.2 Å². The molecule has 0 aromatic rings. The molecule has 0 saturated heterocycles. The van der Waals surface area contributed by atoms with Crippen molar-refractivity contribution in [2.24, 2.45) is 17.8 Å². The predicted molar refractivity (Wildman–Crippen MR) is 64.5 cm³/mol. The van der Waals surface area contributed by atoms with Crippen molar-refractivity contribution in [1.82, 2.24) is 5.32 Å². The van der Waals surface area contributed by atoms with Crippen LogP contribution in [0.2, 0.25) is 0 Å². The molecule has 2 aliphatic carbocycles. The first-order valence-corrected chi connectivity index (χ1v) is 6.55. The highest BCUT2D eigenvalue weighted by Crippen LogP contribution is 2.57. The molecule has 0 aliphatic heterocycles. The summed E-state index contributed by atoms with van der Waals surface area (Å²) in [6.07, 6.45) is 13.4. The molecule has 0 aromatic carbocycles. The van der Waals surface area contributed by atoms with Crippen LogP contribution in [0.25, 0.3) is 0 Å². The fourth-order valence-electron chi connectivity index (χ4n) is 3.45. The minimum absolute atomic E-state index is 0.614. The molecule has 2 saturated carbocycles. The topological polar surface area (TPSA) is 12.0 Å². The van der Waals surface area contributed by atoms with E-state index >= 15 is 0 Å². The number of terminal acetylenes is 1. The van der Waals surface area contributed by atoms with Crippen LogP contribution in [-0.2, 0) is 0 Å². The average molecular weight is 205 g/mol. The molecule has 3 unspecified atom stereocenters. The van der Waals surface area contributed by atoms with Crippen molar-refractivity contribution < 1.29 is 0 Å². The Balaban J connectivity index is 1.86. The zero-order chi connectivity index (χ0) is 10.7. The van der Waals surface area contributed by atoms with Crippen LogP contribution in [0.1, 0.15) is 45.4 Å². The predicted octanol–water partition coefficient (Wildman–Crippen LogP) is 2.81. The van der Waals surface area contributed by atoms with Gasteiger partial charge in [-0.05, 0) is 43.6 Å². The second kappa shape index (κ2) is 5.03. The summed E-state index contributed by atoms with van der Waals surface area (Å²) >= 11 is 0. The SMILES string of the molecule is C#CCC(NCCC)C1C2CCCCC21. The zero-order valence-electron chi connectivity index (χ0n) is 9.84. The third-order valence-corrected chi connectivity index (χ3v) is 4.18. The van der Waals surface area contributed by atoms with E-state index in [4.69, 9.17) is 6.42 Å². The van der Waals surface area contributed by atoms with Crippen molar-refractivity contribution in [3.8, 4) is 12.3 Å². The van der Waals surface area contributed by atoms with Gasteiger partial charge in [0.2, 0.25) is 0 Å². The molecule has 0 radical (unpaired) electrons. The maximum atomic E-state index is 5.47. The van der Waals surface area contributed by atoms with Crippen LogP contribution in [0.3, 0.4) is 0 Å². The maximum absolute atomic E-state index is 5.47. The molecular weight excluding hydrogens is 182 g/mol. The van der Waals surface area contributed by atoms with E-state index in [0.717, 1.165) is 30.7 Å². The average Bonchev–Trinajstić information content (AvgIpc) is 2.98. The molecule has 0 spiro atoms. The Hall–Kier alpha value is -0.480. The monoisotopic (exact) mass is 205 g/mol. The summed E-state index contributed by atoms with van der Waals surface area (Å²) in [5, 5.41) is 3.65. The summed E-state index contributed by atoms with van der Waals surface area (Å²) in [5.74, 6) is 5.79. The fourth-order valence-corrected chi connectivity index (χ4v) is 3.45. The van der Waals surface area contributed by atoms with Gasteiger partial charge >= 0.3 is 0 Å². The van der Waals surface area contributed by atoms with Crippen LogP contribution < -0.4 is 5.32 Å². The maximum Gasteiger partial charge on any atom is 0.0243 e. The van der Waals surface area contributed by atoms with Gasteiger partial charge in [0.15, 0.2) is 0 Å². The summed E-state index contributed by atoms with van der Waals surface area (Å²) in [4.78, 5) is 0. The van der Waals surface area contributed by atoms with Gasteiger partial charge in [-0.1, -0.05) is 19.8 Å². The minimum Gasteiger partial charge on any atom is -0.313 e. The molecule has 1 heteroatoms. The Morgan fingerprint density at radius 2 is 2.00 bits per heavy atom. The molecular formula is C14H23N. The highest BCUT2D eigenvalue weighted by atomic mass is 14.9. The molecule has 1 N–H and O–H groups in total. The molecule has 2 aliphatic rings. The Bertz CT molecular complexity index is 228. The lowest BCUT2D eigenvalue weighted by Crippen LogP contribution is -2.32. The van der Waals surface area contributed by atoms with Crippen LogP contribution in [0.4, 0.5) is 0 Å². The molecule has 0 aromatic heterocycles. The summed E-state index contributed by atoms with van der Waals surface area (Å²) in [6.45, 7) is 3.35. The molecule has 1 nitrogen and oxygen atoms in total. The highest BCUT2D eigenvalue weighted by Gasteiger charge is 2.53. The van der Waals surface area contributed by atoms with Crippen LogP contribution in [0.5, 0.6) is 0 Å². The second-order valence-electron chi connectivity index (χ2n) is 5.16. The van der Waals surface area contributed by atoms with Gasteiger partial charge < -0.3 is 5.32 Å². The fraction of sp³-hybridized carbons (Fsp3) is 0.857. The Morgan fingerprint density at radius 1 is 1.33 bits per heavy atom. The first-order valence-electron chi connectivity index (χ1n) is 6.55. The van der Waals surface area contributed by atoms with Crippen molar-refractivity contribution in [3.63, 3.8) is 0 Å². The lowest BCUT2D eigenvalue weighted by molar-refractivity contribution is 0.438. The van der Waals surface area contributed by atoms with Crippen LogP contribution in [0, 0.1) is 30.1 Å². The van der Waals surface area contributed by atoms with E-state index in [1.807, 2.05) is 0 Å². The Morgan fingerprint density at radius 3 is 2.53 bits per heavy atom. The lowest BCUT2D eigenvalue weighted by atomic mass is 10.0. The van der Waals surface area contributed by atoms with Crippen LogP contribution in [0.15, 0.2) is 0 Å². The third-order valence-electron chi connectivity index (χ3n) is 4.18. The summed E-state index contributed by atoms with van der Waals surface area (Å²) in [5.41, 5.74) is 0. The van der Waals surface area contributed by atoms with E-state index in [1.54, 1.807) is 0 Å². The quantitative estimate of drug-likeness (QED) is 0.681. The Kier molecular flexibility index (Phi) is 3.70. The number of hydrogen-bond acceptors (Lipinski definition) is 1. The molecule has 84 valence electrons. The normalized spacial score (nSPS) is 35.3. The van der Waals surface area contributed by atoms with Gasteiger partial charge in [0.1, 0.15) is 0 Å². The molecule has 0 bridgehead atoms. The van der Waals surface area contributed by atoms with Gasteiger partial charge in [-0.25, -0.2) is 0 Å². The zero-order valence-corrected chi connectivity index (χ0v) is 9.84. The standard InChI is InChI=1S/C14H23N/c1-3-7-13(15-10-4-2)14-11-8-5-6-9-12(11)14/h1,11-15H,4-10H2,2H3. The first-order chi connectivity index (χ1) is 7.38. The van der Waals surface area contributed by atoms with E-state index in [0.29, 0.717) is 6.04 Å². The smallest absolute Gasteiger partial charge is 0.0243 e. The summed E-state index contributed by atoms with van der Waals surface area (Å²) < 4.78 is 0. The molecule has 2 rings (SSSR count). The first kappa shape index (κ1) is 11.0. The lowest BCUT2D eigenvalue weighted by Gasteiger charge is -2.16. The second-order valence-corrected chi connectivity index (χ2v) is 5.16. The number of rotatable bonds is 5. The van der Waals surface area contributed by atoms with Crippen molar-refractivity contribution in [3.05, 3.63) is 0 Å². The van der Waals surface area contributed by atoms with E-state index in [1.165, 1.54) is 32.1 Å². The van der Waals surface area contributed by atoms with Gasteiger partial charge in [0.05, 0.1) is 0 Å². The van der Waals surface area contributed by atoms with Crippen molar-refractivity contribution >= 4 is 0 Å². The van der Waals surface area contributed by atoms with E-state index < -0.39 is 0 Å². The summed E-state index contributed by atoms with van der Waals surface area (Å²) in [7, 11) is 0. The highest BCUT2D eigenvalue weighted by molar-refractivity contribution is 5.07. The van der Waals surface area contributed by atoms with Crippen molar-refractivity contribution in [1.29, 1.82) is 0 Å². The minimum atomic E-state index is 0.614. The van der Waals surface area contributed by atoms with Crippen LogP contribution in [-0.4, -0.2) is 12.6 Å². The molecule has 2 fully saturated rings. The number of fused-ring (bicyclic) bond motifs is 1. The van der Waals surface area contributed by atoms with Crippen molar-refractivity contribution in [2.75, 3.05) is 6.54 Å². The van der Waals surface area contributed by atoms with Gasteiger partial charge in [-0.3, -0.25) is 0 Å². The van der Waals surface area contributed by atoms with Gasteiger partial charge in [-0.15, -0.1) is 12.3 Å². The molecule has 15 heavy (non-hydrogen) atoms. The van der Waals surface area contributed by atoms with Gasteiger partial charge in [-0.2, -0.15) is 0 Å². The molecule has 0 heterocycles. The molecule has 0 amide bonds. The van der Waals surface area contributed by atoms with Crippen molar-refractivity contribution in [2.45, 2.75) is 51.5 Å². The largest absolute Gasteiger partial charge is 0.313 e. The van der Waals surface area contributed by atoms with E-state index in [-0.39, 0.29) is 0 Å².